The van der Waals surface area contributed by atoms with Crippen molar-refractivity contribution >= 4 is 17.2 Å². The number of hydrogen-bond acceptors (Lipinski definition) is 4. The summed E-state index contributed by atoms with van der Waals surface area (Å²) in [7, 11) is 1.91. The molecule has 0 atom stereocenters. The first-order chi connectivity index (χ1) is 12.7. The van der Waals surface area contributed by atoms with Crippen LogP contribution in [-0.4, -0.2) is 55.5 Å². The Morgan fingerprint density at radius 2 is 1.92 bits per heavy atom. The second kappa shape index (κ2) is 9.26. The molecule has 0 aliphatic carbocycles. The maximum absolute atomic E-state index is 13.9. The highest BCUT2D eigenvalue weighted by Crippen LogP contribution is 2.30. The fraction of sp³-hybridized carbons (Fsp3) is 0.450. The lowest BCUT2D eigenvalue weighted by Crippen LogP contribution is -2.48. The fourth-order valence-corrected chi connectivity index (χ4v) is 4.30. The van der Waals surface area contributed by atoms with Crippen molar-refractivity contribution in [2.75, 3.05) is 39.8 Å². The van der Waals surface area contributed by atoms with E-state index in [-0.39, 0.29) is 11.7 Å². The van der Waals surface area contributed by atoms with Crippen molar-refractivity contribution in [2.45, 2.75) is 19.4 Å². The summed E-state index contributed by atoms with van der Waals surface area (Å²) in [6, 6.07) is 11.0. The second-order valence-electron chi connectivity index (χ2n) is 6.61. The number of halogens is 1. The fourth-order valence-electron chi connectivity index (χ4n) is 3.22. The third-order valence-corrected chi connectivity index (χ3v) is 5.83. The number of hydrogen-bond donors (Lipinski definition) is 1. The largest absolute Gasteiger partial charge is 0.340 e. The molecular weight excluding hydrogens is 349 g/mol. The number of nitrogens with one attached hydrogen (secondary N) is 1. The van der Waals surface area contributed by atoms with Gasteiger partial charge >= 0.3 is 0 Å². The van der Waals surface area contributed by atoms with Crippen LogP contribution < -0.4 is 5.32 Å². The number of amides is 1. The molecule has 0 saturated carbocycles. The van der Waals surface area contributed by atoms with Gasteiger partial charge in [0.2, 0.25) is 5.91 Å². The molecule has 1 aromatic heterocycles. The summed E-state index contributed by atoms with van der Waals surface area (Å²) in [5, 5.41) is 3.08. The average Bonchev–Trinajstić information content (AvgIpc) is 3.11. The summed E-state index contributed by atoms with van der Waals surface area (Å²) < 4.78 is 13.9. The van der Waals surface area contributed by atoms with E-state index in [9.17, 15) is 9.18 Å². The summed E-state index contributed by atoms with van der Waals surface area (Å²) in [4.78, 5) is 18.7. The molecule has 1 aromatic carbocycles. The first-order valence-electron chi connectivity index (χ1n) is 9.15. The van der Waals surface area contributed by atoms with E-state index in [1.165, 1.54) is 10.9 Å². The average molecular weight is 376 g/mol. The quantitative estimate of drug-likeness (QED) is 0.755. The van der Waals surface area contributed by atoms with Gasteiger partial charge in [0.25, 0.3) is 0 Å². The molecule has 1 saturated heterocycles. The molecule has 0 unspecified atom stereocenters. The number of nitrogens with zero attached hydrogens (tertiary/aromatic N) is 2. The number of rotatable bonds is 7. The van der Waals surface area contributed by atoms with Crippen LogP contribution in [0.15, 0.2) is 36.4 Å². The van der Waals surface area contributed by atoms with Crippen molar-refractivity contribution in [3.05, 3.63) is 47.1 Å². The Hall–Kier alpha value is -1.76. The zero-order valence-corrected chi connectivity index (χ0v) is 16.0. The highest BCUT2D eigenvalue weighted by Gasteiger charge is 2.21. The molecule has 6 heteroatoms. The minimum Gasteiger partial charge on any atom is -0.340 e. The molecule has 26 heavy (non-hydrogen) atoms. The van der Waals surface area contributed by atoms with Crippen LogP contribution in [0.2, 0.25) is 0 Å². The monoisotopic (exact) mass is 375 g/mol. The first-order valence-corrected chi connectivity index (χ1v) is 9.97. The normalized spacial score (nSPS) is 15.4. The number of benzene rings is 1. The van der Waals surface area contributed by atoms with Crippen LogP contribution in [-0.2, 0) is 11.3 Å². The molecule has 2 heterocycles. The SMILES string of the molecule is CNCCCC(=O)N1CCN(Cc2ccc(-c3ccccc3F)s2)CC1. The van der Waals surface area contributed by atoms with Crippen molar-refractivity contribution in [1.29, 1.82) is 0 Å². The summed E-state index contributed by atoms with van der Waals surface area (Å²) in [6.45, 7) is 5.12. The van der Waals surface area contributed by atoms with Gasteiger partial charge < -0.3 is 10.2 Å². The van der Waals surface area contributed by atoms with Gasteiger partial charge in [-0.05, 0) is 38.2 Å². The Bertz CT molecular complexity index is 725. The van der Waals surface area contributed by atoms with Crippen molar-refractivity contribution in [3.63, 3.8) is 0 Å². The summed E-state index contributed by atoms with van der Waals surface area (Å²) in [5.74, 6) is 0.0872. The molecule has 1 N–H and O–H groups in total. The molecule has 1 aliphatic heterocycles. The highest BCUT2D eigenvalue weighted by atomic mass is 32.1. The lowest BCUT2D eigenvalue weighted by molar-refractivity contribution is -0.133. The zero-order chi connectivity index (χ0) is 18.4. The molecule has 0 spiro atoms. The molecule has 1 aliphatic rings. The Balaban J connectivity index is 1.49. The molecule has 1 fully saturated rings. The Kier molecular flexibility index (Phi) is 6.77. The van der Waals surface area contributed by atoms with Gasteiger partial charge in [0.15, 0.2) is 0 Å². The van der Waals surface area contributed by atoms with Gasteiger partial charge in [-0.15, -0.1) is 11.3 Å². The molecule has 2 aromatic rings. The van der Waals surface area contributed by atoms with Crippen molar-refractivity contribution < 1.29 is 9.18 Å². The van der Waals surface area contributed by atoms with Crippen LogP contribution in [0.4, 0.5) is 4.39 Å². The predicted molar refractivity (Wildman–Crippen MR) is 105 cm³/mol. The lowest BCUT2D eigenvalue weighted by Gasteiger charge is -2.34. The van der Waals surface area contributed by atoms with E-state index in [0.717, 1.165) is 50.6 Å². The smallest absolute Gasteiger partial charge is 0.222 e. The third kappa shape index (κ3) is 4.90. The van der Waals surface area contributed by atoms with Crippen LogP contribution in [0, 0.1) is 5.82 Å². The van der Waals surface area contributed by atoms with E-state index < -0.39 is 0 Å². The van der Waals surface area contributed by atoms with Gasteiger partial charge in [-0.3, -0.25) is 9.69 Å². The zero-order valence-electron chi connectivity index (χ0n) is 15.2. The number of piperazine rings is 1. The molecule has 1 amide bonds. The van der Waals surface area contributed by atoms with Crippen LogP contribution in [0.5, 0.6) is 0 Å². The van der Waals surface area contributed by atoms with E-state index in [1.807, 2.05) is 30.1 Å². The van der Waals surface area contributed by atoms with E-state index in [4.69, 9.17) is 0 Å². The van der Waals surface area contributed by atoms with Gasteiger partial charge in [0, 0.05) is 54.5 Å². The summed E-state index contributed by atoms with van der Waals surface area (Å²) >= 11 is 1.65. The molecule has 3 rings (SSSR count). The molecule has 140 valence electrons. The first kappa shape index (κ1) is 19.0. The van der Waals surface area contributed by atoms with Crippen LogP contribution in [0.3, 0.4) is 0 Å². The Labute approximate surface area is 158 Å². The van der Waals surface area contributed by atoms with E-state index >= 15 is 0 Å². The molecule has 0 bridgehead atoms. The van der Waals surface area contributed by atoms with Crippen molar-refractivity contribution in [2.24, 2.45) is 0 Å². The van der Waals surface area contributed by atoms with Crippen LogP contribution >= 0.6 is 11.3 Å². The van der Waals surface area contributed by atoms with Crippen LogP contribution in [0.25, 0.3) is 10.4 Å². The number of thiophene rings is 1. The standard InChI is InChI=1S/C20H26FN3OS/c1-22-10-4-7-20(25)24-13-11-23(12-14-24)15-16-8-9-19(26-16)17-5-2-3-6-18(17)21/h2-3,5-6,8-9,22H,4,7,10-15H2,1H3. The maximum Gasteiger partial charge on any atom is 0.222 e. The van der Waals surface area contributed by atoms with Gasteiger partial charge in [-0.2, -0.15) is 0 Å². The second-order valence-corrected chi connectivity index (χ2v) is 7.78. The highest BCUT2D eigenvalue weighted by molar-refractivity contribution is 7.15. The predicted octanol–water partition coefficient (Wildman–Crippen LogP) is 3.20. The van der Waals surface area contributed by atoms with E-state index in [2.05, 4.69) is 16.3 Å². The van der Waals surface area contributed by atoms with Crippen molar-refractivity contribution in [3.8, 4) is 10.4 Å². The Morgan fingerprint density at radius 1 is 1.15 bits per heavy atom. The van der Waals surface area contributed by atoms with Gasteiger partial charge in [-0.1, -0.05) is 18.2 Å². The van der Waals surface area contributed by atoms with Gasteiger partial charge in [-0.25, -0.2) is 4.39 Å². The molecule has 4 nitrogen and oxygen atoms in total. The molecular formula is C20H26FN3OS. The lowest BCUT2D eigenvalue weighted by atomic mass is 10.2. The van der Waals surface area contributed by atoms with Gasteiger partial charge in [0.1, 0.15) is 5.82 Å². The number of carbonyl (C=O) groups is 1. The van der Waals surface area contributed by atoms with Crippen molar-refractivity contribution in [1.82, 2.24) is 15.1 Å². The summed E-state index contributed by atoms with van der Waals surface area (Å²) in [6.07, 6.45) is 1.52. The topological polar surface area (TPSA) is 35.6 Å². The summed E-state index contributed by atoms with van der Waals surface area (Å²) in [5.41, 5.74) is 0.667. The molecule has 0 radical (unpaired) electrons. The third-order valence-electron chi connectivity index (χ3n) is 4.72. The van der Waals surface area contributed by atoms with E-state index in [1.54, 1.807) is 17.4 Å². The van der Waals surface area contributed by atoms with Crippen LogP contribution in [0.1, 0.15) is 17.7 Å². The Morgan fingerprint density at radius 3 is 2.65 bits per heavy atom. The minimum atomic E-state index is -0.175. The number of carbonyl (C=O) groups excluding carboxylic acids is 1. The van der Waals surface area contributed by atoms with E-state index in [0.29, 0.717) is 12.0 Å². The van der Waals surface area contributed by atoms with Gasteiger partial charge in [0.05, 0.1) is 0 Å². The minimum absolute atomic E-state index is 0.175. The maximum atomic E-state index is 13.9.